The molecule has 9 heteroatoms. The number of amides is 1. The third-order valence-corrected chi connectivity index (χ3v) is 7.74. The number of hydrogen-bond acceptors (Lipinski definition) is 5. The molecule has 1 N–H and O–H groups in total. The van der Waals surface area contributed by atoms with Gasteiger partial charge in [-0.15, -0.1) is 0 Å². The van der Waals surface area contributed by atoms with E-state index in [4.69, 9.17) is 4.74 Å². The Balaban J connectivity index is 1.32. The van der Waals surface area contributed by atoms with Gasteiger partial charge in [-0.25, -0.2) is 13.1 Å². The molecule has 0 unspecified atom stereocenters. The number of carbonyl (C=O) groups is 1. The maximum absolute atomic E-state index is 11.8. The lowest BCUT2D eigenvalue weighted by molar-refractivity contribution is -0.134. The summed E-state index contributed by atoms with van der Waals surface area (Å²) >= 11 is 0. The van der Waals surface area contributed by atoms with Crippen LogP contribution in [0, 0.1) is 5.92 Å². The Labute approximate surface area is 190 Å². The van der Waals surface area contributed by atoms with Crippen LogP contribution in [0.3, 0.4) is 0 Å². The van der Waals surface area contributed by atoms with Gasteiger partial charge in [-0.2, -0.15) is 5.10 Å². The second-order valence-electron chi connectivity index (χ2n) is 9.43. The van der Waals surface area contributed by atoms with E-state index in [9.17, 15) is 13.2 Å². The highest BCUT2D eigenvalue weighted by Crippen LogP contribution is 2.37. The molecule has 1 aliphatic heterocycles. The molecule has 1 aromatic heterocycles. The Bertz CT molecular complexity index is 1060. The number of rotatable bonds is 6. The first-order valence-electron chi connectivity index (χ1n) is 11.5. The average Bonchev–Trinajstić information content (AvgIpc) is 3.12. The molecule has 2 aliphatic rings. The first-order valence-corrected chi connectivity index (χ1v) is 13.3. The summed E-state index contributed by atoms with van der Waals surface area (Å²) in [6.45, 7) is 3.13. The van der Waals surface area contributed by atoms with Gasteiger partial charge in [0.05, 0.1) is 30.1 Å². The predicted molar refractivity (Wildman–Crippen MR) is 124 cm³/mol. The van der Waals surface area contributed by atoms with E-state index in [0.717, 1.165) is 31.2 Å². The van der Waals surface area contributed by atoms with Crippen molar-refractivity contribution in [3.63, 3.8) is 0 Å². The van der Waals surface area contributed by atoms with Crippen LogP contribution in [0.15, 0.2) is 24.4 Å². The monoisotopic (exact) mass is 462 g/mol. The third-order valence-electron chi connectivity index (χ3n) is 7.00. The largest absolute Gasteiger partial charge is 0.374 e. The summed E-state index contributed by atoms with van der Waals surface area (Å²) in [5, 5.41) is 5.53. The van der Waals surface area contributed by atoms with Crippen molar-refractivity contribution in [1.82, 2.24) is 19.4 Å². The summed E-state index contributed by atoms with van der Waals surface area (Å²) < 4.78 is 34.4. The van der Waals surface area contributed by atoms with Gasteiger partial charge in [0.2, 0.25) is 15.9 Å². The minimum atomic E-state index is -3.33. The van der Waals surface area contributed by atoms with Gasteiger partial charge in [-0.05, 0) is 61.6 Å². The zero-order valence-electron chi connectivity index (χ0n) is 19.2. The van der Waals surface area contributed by atoms with Gasteiger partial charge in [0.15, 0.2) is 0 Å². The molecule has 1 amide bonds. The number of aryl methyl sites for hydroxylation is 1. The molecule has 32 heavy (non-hydrogen) atoms. The number of ether oxygens (including phenoxy) is 1. The van der Waals surface area contributed by atoms with Crippen LogP contribution in [0.2, 0.25) is 0 Å². The summed E-state index contributed by atoms with van der Waals surface area (Å²) in [6.07, 6.45) is 7.77. The highest BCUT2D eigenvalue weighted by atomic mass is 32.2. The number of nitrogens with zero attached hydrogens (tertiary/aromatic N) is 3. The first kappa shape index (κ1) is 23.2. The number of benzene rings is 1. The van der Waals surface area contributed by atoms with Crippen LogP contribution in [0.4, 0.5) is 0 Å². The van der Waals surface area contributed by atoms with Gasteiger partial charge in [-0.1, -0.05) is 6.07 Å². The number of carbonyl (C=O) groups excluding carboxylic acids is 1. The standard InChI is InChI=1S/C23H34N4O4S/c1-16(28)27-11-10-21(25-32(3,29)30)23(14-27)31-15-17-4-6-18(7-5-17)19-8-9-22-20(12-19)13-24-26(22)2/h8-9,12-13,17-18,21,23,25H,4-7,10-11,14-15H2,1-3H3/t17?,18?,21-,23+/m0/s1. The van der Waals surface area contributed by atoms with Gasteiger partial charge < -0.3 is 9.64 Å². The van der Waals surface area contributed by atoms with Crippen molar-refractivity contribution in [1.29, 1.82) is 0 Å². The average molecular weight is 463 g/mol. The number of piperidine rings is 1. The fourth-order valence-corrected chi connectivity index (χ4v) is 5.96. The van der Waals surface area contributed by atoms with Crippen molar-refractivity contribution >= 4 is 26.8 Å². The zero-order valence-corrected chi connectivity index (χ0v) is 20.0. The van der Waals surface area contributed by atoms with Crippen LogP contribution >= 0.6 is 0 Å². The fraction of sp³-hybridized carbons (Fsp3) is 0.652. The molecule has 0 spiro atoms. The van der Waals surface area contributed by atoms with Crippen molar-refractivity contribution in [3.8, 4) is 0 Å². The van der Waals surface area contributed by atoms with E-state index in [2.05, 4.69) is 28.0 Å². The molecule has 2 atom stereocenters. The summed E-state index contributed by atoms with van der Waals surface area (Å²) in [4.78, 5) is 13.6. The van der Waals surface area contributed by atoms with Crippen LogP contribution in [-0.4, -0.2) is 67.1 Å². The van der Waals surface area contributed by atoms with Crippen molar-refractivity contribution in [2.45, 2.75) is 57.1 Å². The zero-order chi connectivity index (χ0) is 22.9. The lowest BCUT2D eigenvalue weighted by atomic mass is 9.79. The van der Waals surface area contributed by atoms with E-state index >= 15 is 0 Å². The molecule has 8 nitrogen and oxygen atoms in total. The minimum Gasteiger partial charge on any atom is -0.374 e. The van der Waals surface area contributed by atoms with E-state index in [0.29, 0.717) is 38.0 Å². The smallest absolute Gasteiger partial charge is 0.219 e. The molecular formula is C23H34N4O4S. The van der Waals surface area contributed by atoms with Crippen LogP contribution in [0.25, 0.3) is 10.9 Å². The van der Waals surface area contributed by atoms with Crippen molar-refractivity contribution in [3.05, 3.63) is 30.0 Å². The topological polar surface area (TPSA) is 93.5 Å². The van der Waals surface area contributed by atoms with Gasteiger partial charge in [0.1, 0.15) is 0 Å². The molecule has 0 radical (unpaired) electrons. The molecule has 1 saturated heterocycles. The van der Waals surface area contributed by atoms with E-state index in [1.54, 1.807) is 11.8 Å². The number of aromatic nitrogens is 2. The third kappa shape index (κ3) is 5.50. The Morgan fingerprint density at radius 3 is 2.66 bits per heavy atom. The Hall–Kier alpha value is -1.97. The molecule has 2 aromatic rings. The number of fused-ring (bicyclic) bond motifs is 1. The molecule has 2 heterocycles. The van der Waals surface area contributed by atoms with E-state index < -0.39 is 10.0 Å². The van der Waals surface area contributed by atoms with Gasteiger partial charge in [0, 0.05) is 39.1 Å². The lowest BCUT2D eigenvalue weighted by Gasteiger charge is -2.39. The maximum atomic E-state index is 11.8. The normalized spacial score (nSPS) is 27.0. The first-order chi connectivity index (χ1) is 15.2. The molecule has 1 saturated carbocycles. The Morgan fingerprint density at radius 1 is 1.22 bits per heavy atom. The van der Waals surface area contributed by atoms with Crippen LogP contribution in [0.5, 0.6) is 0 Å². The number of likely N-dealkylation sites (tertiary alicyclic amines) is 1. The second kappa shape index (κ2) is 9.49. The van der Waals surface area contributed by atoms with E-state index in [1.165, 1.54) is 17.2 Å². The van der Waals surface area contributed by atoms with Crippen molar-refractivity contribution < 1.29 is 17.9 Å². The minimum absolute atomic E-state index is 0.00231. The number of sulfonamides is 1. The highest BCUT2D eigenvalue weighted by Gasteiger charge is 2.34. The van der Waals surface area contributed by atoms with Gasteiger partial charge in [0.25, 0.3) is 0 Å². The fourth-order valence-electron chi connectivity index (χ4n) is 5.14. The summed E-state index contributed by atoms with van der Waals surface area (Å²) in [6, 6.07) is 6.36. The lowest BCUT2D eigenvalue weighted by Crippen LogP contribution is -2.56. The van der Waals surface area contributed by atoms with Gasteiger partial charge in [-0.3, -0.25) is 9.48 Å². The molecular weight excluding hydrogens is 428 g/mol. The number of hydrogen-bond donors (Lipinski definition) is 1. The van der Waals surface area contributed by atoms with Crippen LogP contribution in [-0.2, 0) is 26.6 Å². The summed E-state index contributed by atoms with van der Waals surface area (Å²) in [7, 11) is -1.37. The quantitative estimate of drug-likeness (QED) is 0.712. The molecule has 1 aliphatic carbocycles. The SMILES string of the molecule is CC(=O)N1CC[C@H](NS(C)(=O)=O)[C@H](OCC2CCC(c3ccc4c(cnn4C)c3)CC2)C1. The highest BCUT2D eigenvalue weighted by molar-refractivity contribution is 7.88. The molecule has 4 rings (SSSR count). The Kier molecular flexibility index (Phi) is 6.88. The second-order valence-corrected chi connectivity index (χ2v) is 11.2. The predicted octanol–water partition coefficient (Wildman–Crippen LogP) is 2.40. The Morgan fingerprint density at radius 2 is 1.97 bits per heavy atom. The van der Waals surface area contributed by atoms with E-state index in [-0.39, 0.29) is 18.1 Å². The summed E-state index contributed by atoms with van der Waals surface area (Å²) in [5.74, 6) is 1.01. The van der Waals surface area contributed by atoms with Gasteiger partial charge >= 0.3 is 0 Å². The molecule has 2 fully saturated rings. The van der Waals surface area contributed by atoms with Crippen LogP contribution in [0.1, 0.15) is 50.5 Å². The van der Waals surface area contributed by atoms with E-state index in [1.807, 2.05) is 17.9 Å². The molecule has 1 aromatic carbocycles. The van der Waals surface area contributed by atoms with Crippen molar-refractivity contribution in [2.24, 2.45) is 13.0 Å². The van der Waals surface area contributed by atoms with Crippen molar-refractivity contribution in [2.75, 3.05) is 26.0 Å². The van der Waals surface area contributed by atoms with Crippen LogP contribution < -0.4 is 4.72 Å². The summed E-state index contributed by atoms with van der Waals surface area (Å²) in [5.41, 5.74) is 2.53. The molecule has 176 valence electrons. The molecule has 0 bridgehead atoms. The maximum Gasteiger partial charge on any atom is 0.219 e. The number of nitrogens with one attached hydrogen (secondary N) is 1.